The molecule has 1 aromatic heterocycles. The van der Waals surface area contributed by atoms with Crippen LogP contribution in [0.5, 0.6) is 0 Å². The van der Waals surface area contributed by atoms with Crippen molar-refractivity contribution in [2.45, 2.75) is 13.0 Å². The topological polar surface area (TPSA) is 80.5 Å². The van der Waals surface area contributed by atoms with Crippen molar-refractivity contribution in [2.75, 3.05) is 38.0 Å². The molecule has 36 heavy (non-hydrogen) atoms. The summed E-state index contributed by atoms with van der Waals surface area (Å²) in [6.07, 6.45) is 1.89. The van der Waals surface area contributed by atoms with Gasteiger partial charge in [0.2, 0.25) is 0 Å². The summed E-state index contributed by atoms with van der Waals surface area (Å²) in [5, 5.41) is 6.79. The highest BCUT2D eigenvalue weighted by atomic mass is 16.2. The number of amides is 3. The van der Waals surface area contributed by atoms with Gasteiger partial charge in [0.1, 0.15) is 0 Å². The van der Waals surface area contributed by atoms with Crippen LogP contribution < -0.4 is 10.6 Å². The highest BCUT2D eigenvalue weighted by Gasteiger charge is 2.35. The summed E-state index contributed by atoms with van der Waals surface area (Å²) in [5.74, 6) is 0.0818. The van der Waals surface area contributed by atoms with Gasteiger partial charge in [0.05, 0.1) is 6.04 Å². The van der Waals surface area contributed by atoms with E-state index in [0.717, 1.165) is 35.2 Å². The molecule has 182 valence electrons. The van der Waals surface area contributed by atoms with Gasteiger partial charge >= 0.3 is 6.03 Å². The number of aromatic nitrogens is 1. The van der Waals surface area contributed by atoms with Crippen LogP contribution in [-0.4, -0.2) is 59.4 Å². The Labute approximate surface area is 210 Å². The summed E-state index contributed by atoms with van der Waals surface area (Å²) in [4.78, 5) is 33.0. The number of urea groups is 1. The molecule has 7 nitrogen and oxygen atoms in total. The molecule has 1 unspecified atom stereocenters. The maximum Gasteiger partial charge on any atom is 0.319 e. The Balaban J connectivity index is 1.23. The molecule has 4 aromatic rings. The summed E-state index contributed by atoms with van der Waals surface area (Å²) < 4.78 is 0. The number of hydrogen-bond donors (Lipinski definition) is 3. The molecule has 0 saturated carbocycles. The number of rotatable bonds is 4. The van der Waals surface area contributed by atoms with Crippen LogP contribution >= 0.6 is 0 Å². The second-order valence-corrected chi connectivity index (χ2v) is 9.38. The van der Waals surface area contributed by atoms with E-state index >= 15 is 0 Å². The first-order valence-corrected chi connectivity index (χ1v) is 12.5. The molecule has 6 rings (SSSR count). The van der Waals surface area contributed by atoms with Crippen LogP contribution in [0.1, 0.15) is 34.5 Å². The molecule has 2 aliphatic rings. The van der Waals surface area contributed by atoms with Crippen molar-refractivity contribution in [3.05, 3.63) is 89.6 Å². The SMILES string of the molecule is CCNC(=O)Nc1ccc2c(c1)C(N1CCN(C(=O)c3ccc4[nH]ccc4c3)CC1)c1ccccc1-2. The van der Waals surface area contributed by atoms with E-state index in [1.165, 1.54) is 22.3 Å². The van der Waals surface area contributed by atoms with Crippen molar-refractivity contribution < 1.29 is 9.59 Å². The number of carbonyl (C=O) groups excluding carboxylic acids is 2. The molecule has 1 saturated heterocycles. The monoisotopic (exact) mass is 479 g/mol. The van der Waals surface area contributed by atoms with E-state index in [4.69, 9.17) is 0 Å². The summed E-state index contributed by atoms with van der Waals surface area (Å²) in [6, 6.07) is 22.4. The number of benzene rings is 3. The lowest BCUT2D eigenvalue weighted by molar-refractivity contribution is 0.0600. The number of anilines is 1. The Morgan fingerprint density at radius 1 is 0.917 bits per heavy atom. The fraction of sp³-hybridized carbons (Fsp3) is 0.241. The first-order chi connectivity index (χ1) is 17.6. The maximum absolute atomic E-state index is 13.2. The summed E-state index contributed by atoms with van der Waals surface area (Å²) >= 11 is 0. The van der Waals surface area contributed by atoms with Crippen molar-refractivity contribution in [3.63, 3.8) is 0 Å². The van der Waals surface area contributed by atoms with Gasteiger partial charge in [0, 0.05) is 61.1 Å². The van der Waals surface area contributed by atoms with Gasteiger partial charge in [-0.25, -0.2) is 4.79 Å². The summed E-state index contributed by atoms with van der Waals surface area (Å²) in [6.45, 7) is 5.39. The first-order valence-electron chi connectivity index (χ1n) is 12.5. The van der Waals surface area contributed by atoms with Gasteiger partial charge < -0.3 is 20.5 Å². The fourth-order valence-electron chi connectivity index (χ4n) is 5.54. The van der Waals surface area contributed by atoms with Crippen molar-refractivity contribution in [3.8, 4) is 11.1 Å². The second kappa shape index (κ2) is 9.17. The van der Waals surface area contributed by atoms with Crippen LogP contribution in [0.25, 0.3) is 22.0 Å². The number of hydrogen-bond acceptors (Lipinski definition) is 3. The molecule has 3 aromatic carbocycles. The maximum atomic E-state index is 13.2. The largest absolute Gasteiger partial charge is 0.361 e. The third-order valence-corrected chi connectivity index (χ3v) is 7.25. The van der Waals surface area contributed by atoms with E-state index in [2.05, 4.69) is 56.9 Å². The minimum atomic E-state index is -0.200. The van der Waals surface area contributed by atoms with Crippen LogP contribution in [0.4, 0.5) is 10.5 Å². The average molecular weight is 480 g/mol. The number of aromatic amines is 1. The van der Waals surface area contributed by atoms with Crippen LogP contribution in [0.15, 0.2) is 72.9 Å². The lowest BCUT2D eigenvalue weighted by Crippen LogP contribution is -2.49. The van der Waals surface area contributed by atoms with Gasteiger partial charge in [-0.2, -0.15) is 0 Å². The Morgan fingerprint density at radius 3 is 2.56 bits per heavy atom. The van der Waals surface area contributed by atoms with E-state index < -0.39 is 0 Å². The Bertz CT molecular complexity index is 1450. The zero-order valence-corrected chi connectivity index (χ0v) is 20.3. The van der Waals surface area contributed by atoms with Crippen molar-refractivity contribution >= 4 is 28.5 Å². The van der Waals surface area contributed by atoms with E-state index in [0.29, 0.717) is 19.6 Å². The lowest BCUT2D eigenvalue weighted by atomic mass is 10.0. The van der Waals surface area contributed by atoms with E-state index in [1.807, 2.05) is 48.4 Å². The molecule has 1 fully saturated rings. The molecule has 0 spiro atoms. The Hall–Kier alpha value is -4.10. The predicted octanol–water partition coefficient (Wildman–Crippen LogP) is 4.84. The van der Waals surface area contributed by atoms with Gasteiger partial charge in [-0.05, 0) is 65.6 Å². The van der Waals surface area contributed by atoms with Gasteiger partial charge in [-0.1, -0.05) is 30.3 Å². The number of piperazine rings is 1. The Morgan fingerprint density at radius 2 is 1.72 bits per heavy atom. The standard InChI is InChI=1S/C29H29N5O2/c1-2-30-29(36)32-21-8-9-23-22-5-3-4-6-24(22)27(25(23)18-21)33-13-15-34(16-14-33)28(35)20-7-10-26-19(17-20)11-12-31-26/h3-12,17-18,27,31H,2,13-16H2,1H3,(H2,30,32,36). The highest BCUT2D eigenvalue weighted by Crippen LogP contribution is 2.47. The summed E-state index contributed by atoms with van der Waals surface area (Å²) in [7, 11) is 0. The quantitative estimate of drug-likeness (QED) is 0.392. The first kappa shape index (κ1) is 22.4. The van der Waals surface area contributed by atoms with Gasteiger partial charge in [0.15, 0.2) is 0 Å². The van der Waals surface area contributed by atoms with Crippen LogP contribution in [0.3, 0.4) is 0 Å². The zero-order valence-electron chi connectivity index (χ0n) is 20.3. The van der Waals surface area contributed by atoms with Crippen molar-refractivity contribution in [1.29, 1.82) is 0 Å². The van der Waals surface area contributed by atoms with Gasteiger partial charge in [-0.15, -0.1) is 0 Å². The molecular formula is C29H29N5O2. The molecule has 1 aliphatic carbocycles. The molecule has 3 amide bonds. The third kappa shape index (κ3) is 3.91. The molecule has 2 heterocycles. The number of fused-ring (bicyclic) bond motifs is 4. The van der Waals surface area contributed by atoms with Crippen molar-refractivity contribution in [2.24, 2.45) is 0 Å². The third-order valence-electron chi connectivity index (χ3n) is 7.25. The molecule has 1 aliphatic heterocycles. The predicted molar refractivity (Wildman–Crippen MR) is 142 cm³/mol. The zero-order chi connectivity index (χ0) is 24.6. The molecule has 7 heteroatoms. The Kier molecular flexibility index (Phi) is 5.70. The molecular weight excluding hydrogens is 450 g/mol. The van der Waals surface area contributed by atoms with E-state index in [1.54, 1.807) is 0 Å². The number of H-pyrrole nitrogens is 1. The molecule has 1 atom stereocenters. The number of nitrogens with zero attached hydrogens (tertiary/aromatic N) is 2. The molecule has 0 bridgehead atoms. The van der Waals surface area contributed by atoms with Gasteiger partial charge in [0.25, 0.3) is 5.91 Å². The smallest absolute Gasteiger partial charge is 0.319 e. The van der Waals surface area contributed by atoms with Crippen LogP contribution in [-0.2, 0) is 0 Å². The van der Waals surface area contributed by atoms with Crippen molar-refractivity contribution in [1.82, 2.24) is 20.1 Å². The number of carbonyl (C=O) groups is 2. The second-order valence-electron chi connectivity index (χ2n) is 9.38. The van der Waals surface area contributed by atoms with Crippen LogP contribution in [0.2, 0.25) is 0 Å². The lowest BCUT2D eigenvalue weighted by Gasteiger charge is -2.38. The minimum Gasteiger partial charge on any atom is -0.361 e. The summed E-state index contributed by atoms with van der Waals surface area (Å²) in [5.41, 5.74) is 7.47. The van der Waals surface area contributed by atoms with Crippen LogP contribution in [0, 0.1) is 0 Å². The molecule has 0 radical (unpaired) electrons. The highest BCUT2D eigenvalue weighted by molar-refractivity contribution is 5.98. The van der Waals surface area contributed by atoms with E-state index in [-0.39, 0.29) is 18.0 Å². The fourth-order valence-corrected chi connectivity index (χ4v) is 5.54. The average Bonchev–Trinajstić information content (AvgIpc) is 3.50. The molecule has 3 N–H and O–H groups in total. The van der Waals surface area contributed by atoms with Gasteiger partial charge in [-0.3, -0.25) is 9.69 Å². The van der Waals surface area contributed by atoms with E-state index in [9.17, 15) is 9.59 Å². The number of nitrogens with one attached hydrogen (secondary N) is 3. The normalized spacial score (nSPS) is 17.0. The minimum absolute atomic E-state index is 0.0818.